The summed E-state index contributed by atoms with van der Waals surface area (Å²) < 4.78 is 0. The Hall–Kier alpha value is -1.34. The monoisotopic (exact) mass is 224 g/mol. The maximum atomic E-state index is 2.43. The van der Waals surface area contributed by atoms with Gasteiger partial charge in [0.15, 0.2) is 0 Å². The summed E-state index contributed by atoms with van der Waals surface area (Å²) >= 11 is 0. The van der Waals surface area contributed by atoms with Crippen molar-refractivity contribution in [3.05, 3.63) is 53.6 Å². The van der Waals surface area contributed by atoms with Crippen LogP contribution in [0.25, 0.3) is 16.8 Å². The molecule has 80 valence electrons. The molecule has 1 atom stereocenters. The summed E-state index contributed by atoms with van der Waals surface area (Å²) in [5.41, 5.74) is 3.65. The lowest BCUT2D eigenvalue weighted by molar-refractivity contribution is 1.18. The van der Waals surface area contributed by atoms with E-state index in [9.17, 15) is 0 Å². The third kappa shape index (κ3) is 1.35. The van der Waals surface area contributed by atoms with Gasteiger partial charge in [0.1, 0.15) is 0 Å². The molecule has 0 radical (unpaired) electrons. The lowest BCUT2D eigenvalue weighted by Crippen LogP contribution is -2.16. The smallest absolute Gasteiger partial charge is 0.0436 e. The van der Waals surface area contributed by atoms with Crippen molar-refractivity contribution in [2.45, 2.75) is 18.6 Å². The van der Waals surface area contributed by atoms with Crippen LogP contribution in [0.3, 0.4) is 0 Å². The van der Waals surface area contributed by atoms with Gasteiger partial charge in [0.25, 0.3) is 0 Å². The Morgan fingerprint density at radius 3 is 2.50 bits per heavy atom. The third-order valence-electron chi connectivity index (χ3n) is 3.53. The van der Waals surface area contributed by atoms with Crippen LogP contribution in [-0.2, 0) is 0 Å². The van der Waals surface area contributed by atoms with Crippen LogP contribution in [-0.4, -0.2) is 8.80 Å². The summed E-state index contributed by atoms with van der Waals surface area (Å²) in [4.78, 5) is 0. The topological polar surface area (TPSA) is 0 Å². The van der Waals surface area contributed by atoms with E-state index in [1.807, 2.05) is 0 Å². The molecule has 0 spiro atoms. The maximum absolute atomic E-state index is 2.43. The van der Waals surface area contributed by atoms with Crippen molar-refractivity contribution in [1.29, 1.82) is 0 Å². The highest BCUT2D eigenvalue weighted by Crippen LogP contribution is 2.35. The van der Waals surface area contributed by atoms with Crippen LogP contribution in [0, 0.1) is 0 Å². The maximum Gasteiger partial charge on any atom is 0.0436 e. The van der Waals surface area contributed by atoms with E-state index in [4.69, 9.17) is 0 Å². The number of allylic oxidation sites excluding steroid dienone is 1. The van der Waals surface area contributed by atoms with Crippen LogP contribution >= 0.6 is 0 Å². The van der Waals surface area contributed by atoms with Gasteiger partial charge in [-0.1, -0.05) is 61.6 Å². The average Bonchev–Trinajstić information content (AvgIpc) is 2.30. The lowest BCUT2D eigenvalue weighted by atomic mass is 9.93. The Balaban J connectivity index is 2.36. The van der Waals surface area contributed by atoms with Crippen molar-refractivity contribution in [3.8, 4) is 0 Å². The van der Waals surface area contributed by atoms with E-state index >= 15 is 0 Å². The predicted molar refractivity (Wildman–Crippen MR) is 74.6 cm³/mol. The molecule has 2 aromatic rings. The standard InChI is InChI=1S/C15H16Si/c1-16(2)14-10-9-12-6-3-5-11-7-4-8-13(14)15(11)12/h3-10,14,16H,1-2H3. The first kappa shape index (κ1) is 9.85. The second-order valence-electron chi connectivity index (χ2n) is 4.92. The summed E-state index contributed by atoms with van der Waals surface area (Å²) in [6, 6.07) is 13.3. The number of hydrogen-bond acceptors (Lipinski definition) is 0. The Morgan fingerprint density at radius 2 is 1.75 bits per heavy atom. The second kappa shape index (κ2) is 3.60. The number of rotatable bonds is 1. The van der Waals surface area contributed by atoms with Crippen molar-refractivity contribution in [2.75, 3.05) is 0 Å². The minimum absolute atomic E-state index is 0.662. The molecular formula is C15H16Si. The number of hydrogen-bond donors (Lipinski definition) is 0. The minimum atomic E-state index is -0.662. The molecule has 0 fully saturated rings. The van der Waals surface area contributed by atoms with E-state index in [0.29, 0.717) is 5.54 Å². The van der Waals surface area contributed by atoms with Crippen molar-refractivity contribution in [2.24, 2.45) is 0 Å². The minimum Gasteiger partial charge on any atom is -0.0794 e. The molecule has 3 rings (SSSR count). The molecular weight excluding hydrogens is 208 g/mol. The fourth-order valence-electron chi connectivity index (χ4n) is 2.71. The van der Waals surface area contributed by atoms with Crippen LogP contribution in [0.4, 0.5) is 0 Å². The zero-order chi connectivity index (χ0) is 11.1. The van der Waals surface area contributed by atoms with Crippen molar-refractivity contribution >= 4 is 25.6 Å². The van der Waals surface area contributed by atoms with Gasteiger partial charge in [0.2, 0.25) is 0 Å². The SMILES string of the molecule is C[SiH](C)C1C=Cc2cccc3cccc1c23. The van der Waals surface area contributed by atoms with Gasteiger partial charge in [-0.15, -0.1) is 0 Å². The van der Waals surface area contributed by atoms with E-state index in [1.54, 1.807) is 5.56 Å². The summed E-state index contributed by atoms with van der Waals surface area (Å²) in [6.07, 6.45) is 4.72. The molecule has 0 nitrogen and oxygen atoms in total. The van der Waals surface area contributed by atoms with Gasteiger partial charge in [-0.05, 0) is 27.4 Å². The Kier molecular flexibility index (Phi) is 2.22. The van der Waals surface area contributed by atoms with Crippen LogP contribution in [0.5, 0.6) is 0 Å². The van der Waals surface area contributed by atoms with Crippen LogP contribution in [0.1, 0.15) is 16.7 Å². The summed E-state index contributed by atoms with van der Waals surface area (Å²) in [5.74, 6) is 0. The molecule has 0 saturated heterocycles. The van der Waals surface area contributed by atoms with Gasteiger partial charge in [-0.3, -0.25) is 0 Å². The van der Waals surface area contributed by atoms with Gasteiger partial charge in [-0.2, -0.15) is 0 Å². The van der Waals surface area contributed by atoms with Crippen molar-refractivity contribution in [3.63, 3.8) is 0 Å². The first-order chi connectivity index (χ1) is 7.77. The Bertz CT molecular complexity index is 561. The molecule has 0 aliphatic heterocycles. The fraction of sp³-hybridized carbons (Fsp3) is 0.200. The molecule has 16 heavy (non-hydrogen) atoms. The van der Waals surface area contributed by atoms with Crippen molar-refractivity contribution in [1.82, 2.24) is 0 Å². The van der Waals surface area contributed by atoms with E-state index in [2.05, 4.69) is 61.6 Å². The quantitative estimate of drug-likeness (QED) is 0.643. The van der Waals surface area contributed by atoms with Crippen LogP contribution in [0.15, 0.2) is 42.5 Å². The predicted octanol–water partition coefficient (Wildman–Crippen LogP) is 3.98. The molecule has 0 saturated carbocycles. The molecule has 2 aromatic carbocycles. The van der Waals surface area contributed by atoms with Gasteiger partial charge in [-0.25, -0.2) is 0 Å². The molecule has 1 heteroatoms. The highest BCUT2D eigenvalue weighted by molar-refractivity contribution is 6.58. The highest BCUT2D eigenvalue weighted by atomic mass is 28.3. The first-order valence-corrected chi connectivity index (χ1v) is 8.95. The van der Waals surface area contributed by atoms with Gasteiger partial charge >= 0.3 is 0 Å². The highest BCUT2D eigenvalue weighted by Gasteiger charge is 2.20. The molecule has 0 aromatic heterocycles. The van der Waals surface area contributed by atoms with Crippen molar-refractivity contribution < 1.29 is 0 Å². The molecule has 1 aliphatic rings. The lowest BCUT2D eigenvalue weighted by Gasteiger charge is -2.23. The third-order valence-corrected chi connectivity index (χ3v) is 5.55. The van der Waals surface area contributed by atoms with E-state index in [1.165, 1.54) is 16.3 Å². The van der Waals surface area contributed by atoms with Gasteiger partial charge in [0, 0.05) is 8.80 Å². The average molecular weight is 224 g/mol. The van der Waals surface area contributed by atoms with Crippen LogP contribution in [0.2, 0.25) is 13.1 Å². The van der Waals surface area contributed by atoms with Gasteiger partial charge < -0.3 is 0 Å². The van der Waals surface area contributed by atoms with Gasteiger partial charge in [0.05, 0.1) is 0 Å². The zero-order valence-electron chi connectivity index (χ0n) is 9.77. The molecule has 0 bridgehead atoms. The first-order valence-electron chi connectivity index (χ1n) is 5.97. The summed E-state index contributed by atoms with van der Waals surface area (Å²) in [5, 5.41) is 2.87. The summed E-state index contributed by atoms with van der Waals surface area (Å²) in [6.45, 7) is 4.86. The fourth-order valence-corrected chi connectivity index (χ4v) is 4.26. The van der Waals surface area contributed by atoms with E-state index in [0.717, 1.165) is 0 Å². The molecule has 1 unspecified atom stereocenters. The number of benzene rings is 2. The summed E-state index contributed by atoms with van der Waals surface area (Å²) in [7, 11) is -0.662. The van der Waals surface area contributed by atoms with E-state index in [-0.39, 0.29) is 0 Å². The normalized spacial score (nSPS) is 18.3. The molecule has 1 aliphatic carbocycles. The molecule has 0 heterocycles. The Morgan fingerprint density at radius 1 is 1.00 bits per heavy atom. The second-order valence-corrected chi connectivity index (χ2v) is 8.13. The van der Waals surface area contributed by atoms with Crippen LogP contribution < -0.4 is 0 Å². The van der Waals surface area contributed by atoms with E-state index < -0.39 is 8.80 Å². The Labute approximate surface area is 98.2 Å². The largest absolute Gasteiger partial charge is 0.0794 e. The zero-order valence-corrected chi connectivity index (χ0v) is 10.9. The molecule has 0 N–H and O–H groups in total. The molecule has 0 amide bonds.